The zero-order valence-electron chi connectivity index (χ0n) is 15.3. The van der Waals surface area contributed by atoms with Crippen LogP contribution in [0.25, 0.3) is 10.8 Å². The fraction of sp³-hybridized carbons (Fsp3) is 0.320. The van der Waals surface area contributed by atoms with E-state index in [1.54, 1.807) is 0 Å². The predicted octanol–water partition coefficient (Wildman–Crippen LogP) is 5.31. The zero-order chi connectivity index (χ0) is 18.0. The highest BCUT2D eigenvalue weighted by atomic mass is 16.2. The molecular weight excluding hydrogens is 330 g/mol. The third kappa shape index (κ3) is 2.10. The van der Waals surface area contributed by atoms with Gasteiger partial charge in [-0.25, -0.2) is 0 Å². The molecule has 1 heterocycles. The molecule has 4 atom stereocenters. The number of hydrogen-bond donors (Lipinski definition) is 0. The molecule has 0 spiro atoms. The van der Waals surface area contributed by atoms with Gasteiger partial charge in [-0.05, 0) is 65.1 Å². The highest BCUT2D eigenvalue weighted by Crippen LogP contribution is 2.55. The highest BCUT2D eigenvalue weighted by molar-refractivity contribution is 6.00. The van der Waals surface area contributed by atoms with Crippen molar-refractivity contribution in [1.82, 2.24) is 0 Å². The number of carbonyl (C=O) groups is 1. The summed E-state index contributed by atoms with van der Waals surface area (Å²) in [5.74, 6) is 1.49. The smallest absolute Gasteiger partial charge is 0.231 e. The Labute approximate surface area is 159 Å². The van der Waals surface area contributed by atoms with Gasteiger partial charge in [-0.1, -0.05) is 61.0 Å². The van der Waals surface area contributed by atoms with Crippen molar-refractivity contribution in [3.05, 3.63) is 77.9 Å². The van der Waals surface area contributed by atoms with Gasteiger partial charge in [-0.3, -0.25) is 4.79 Å². The second-order valence-corrected chi connectivity index (χ2v) is 8.39. The maximum absolute atomic E-state index is 13.6. The van der Waals surface area contributed by atoms with Crippen molar-refractivity contribution >= 4 is 22.4 Å². The van der Waals surface area contributed by atoms with E-state index >= 15 is 0 Å². The minimum absolute atomic E-state index is 0.138. The van der Waals surface area contributed by atoms with E-state index in [9.17, 15) is 4.79 Å². The van der Waals surface area contributed by atoms with Crippen molar-refractivity contribution in [2.45, 2.75) is 37.6 Å². The number of rotatable bonds is 1. The van der Waals surface area contributed by atoms with Gasteiger partial charge in [-0.15, -0.1) is 0 Å². The van der Waals surface area contributed by atoms with Crippen LogP contribution in [0.5, 0.6) is 0 Å². The van der Waals surface area contributed by atoms with Crippen LogP contribution < -0.4 is 4.90 Å². The first kappa shape index (κ1) is 15.4. The van der Waals surface area contributed by atoms with Gasteiger partial charge < -0.3 is 4.90 Å². The van der Waals surface area contributed by atoms with E-state index < -0.39 is 0 Å². The van der Waals surface area contributed by atoms with Crippen LogP contribution in [-0.2, 0) is 11.2 Å². The average Bonchev–Trinajstić information content (AvgIpc) is 3.01. The van der Waals surface area contributed by atoms with E-state index in [1.165, 1.54) is 34.7 Å². The molecular formula is C25H23NO. The molecule has 0 radical (unpaired) electrons. The quantitative estimate of drug-likeness (QED) is 0.580. The van der Waals surface area contributed by atoms with Gasteiger partial charge in [0.2, 0.25) is 5.91 Å². The Morgan fingerprint density at radius 2 is 1.63 bits per heavy atom. The molecule has 6 rings (SSSR count). The van der Waals surface area contributed by atoms with Crippen LogP contribution in [0.2, 0.25) is 0 Å². The van der Waals surface area contributed by atoms with Gasteiger partial charge in [0.1, 0.15) is 0 Å². The van der Waals surface area contributed by atoms with E-state index in [0.29, 0.717) is 23.8 Å². The maximum atomic E-state index is 13.6. The van der Waals surface area contributed by atoms with Crippen LogP contribution in [0.15, 0.2) is 66.7 Å². The normalized spacial score (nSPS) is 28.9. The standard InChI is InChI=1S/C25H23NO/c27-25-22-15-21-18-10-5-4-7-16(18)13-14-19(21)20-11-6-12-23(24(20)22)26(25)17-8-2-1-3-9-17/h1-5,7-10,13-14,20,22-24H,6,11-12,15H2. The summed E-state index contributed by atoms with van der Waals surface area (Å²) in [7, 11) is 0. The summed E-state index contributed by atoms with van der Waals surface area (Å²) in [6.07, 6.45) is 4.47. The minimum atomic E-state index is 0.138. The molecule has 27 heavy (non-hydrogen) atoms. The predicted molar refractivity (Wildman–Crippen MR) is 109 cm³/mol. The van der Waals surface area contributed by atoms with Crippen molar-refractivity contribution in [3.8, 4) is 0 Å². The molecule has 1 saturated heterocycles. The summed E-state index contributed by atoms with van der Waals surface area (Å²) in [6, 6.07) is 24.0. The fourth-order valence-corrected chi connectivity index (χ4v) is 6.20. The Kier molecular flexibility index (Phi) is 3.26. The van der Waals surface area contributed by atoms with Crippen molar-refractivity contribution < 1.29 is 4.79 Å². The first-order chi connectivity index (χ1) is 13.3. The van der Waals surface area contributed by atoms with E-state index in [4.69, 9.17) is 0 Å². The summed E-state index contributed by atoms with van der Waals surface area (Å²) in [4.78, 5) is 15.7. The van der Waals surface area contributed by atoms with Crippen molar-refractivity contribution in [3.63, 3.8) is 0 Å². The molecule has 2 nitrogen and oxygen atoms in total. The highest BCUT2D eigenvalue weighted by Gasteiger charge is 2.55. The largest absolute Gasteiger partial charge is 0.309 e. The first-order valence-corrected chi connectivity index (χ1v) is 10.2. The lowest BCUT2D eigenvalue weighted by Gasteiger charge is -2.42. The van der Waals surface area contributed by atoms with Gasteiger partial charge in [0.15, 0.2) is 0 Å². The topological polar surface area (TPSA) is 20.3 Å². The summed E-state index contributed by atoms with van der Waals surface area (Å²) in [5.41, 5.74) is 4.03. The van der Waals surface area contributed by atoms with E-state index in [-0.39, 0.29) is 5.92 Å². The molecule has 0 N–H and O–H groups in total. The number of hydrogen-bond acceptors (Lipinski definition) is 1. The average molecular weight is 353 g/mol. The molecule has 2 aliphatic carbocycles. The number of fused-ring (bicyclic) bond motifs is 4. The zero-order valence-corrected chi connectivity index (χ0v) is 15.3. The van der Waals surface area contributed by atoms with E-state index in [0.717, 1.165) is 18.5 Å². The van der Waals surface area contributed by atoms with E-state index in [1.807, 2.05) is 18.2 Å². The summed E-state index contributed by atoms with van der Waals surface area (Å²) in [6.45, 7) is 0. The Bertz CT molecular complexity index is 1040. The number of para-hydroxylation sites is 1. The maximum Gasteiger partial charge on any atom is 0.231 e. The summed E-state index contributed by atoms with van der Waals surface area (Å²) < 4.78 is 0. The molecule has 2 fully saturated rings. The monoisotopic (exact) mass is 353 g/mol. The Morgan fingerprint density at radius 3 is 2.52 bits per heavy atom. The van der Waals surface area contributed by atoms with Crippen molar-refractivity contribution in [1.29, 1.82) is 0 Å². The lowest BCUT2D eigenvalue weighted by Crippen LogP contribution is -2.40. The van der Waals surface area contributed by atoms with Gasteiger partial charge in [0.25, 0.3) is 0 Å². The van der Waals surface area contributed by atoms with Crippen LogP contribution in [0, 0.1) is 11.8 Å². The second-order valence-electron chi connectivity index (χ2n) is 8.39. The molecule has 1 aliphatic heterocycles. The number of anilines is 1. The molecule has 134 valence electrons. The number of amides is 1. The van der Waals surface area contributed by atoms with Crippen LogP contribution in [0.4, 0.5) is 5.69 Å². The molecule has 3 aromatic carbocycles. The van der Waals surface area contributed by atoms with Gasteiger partial charge in [0, 0.05) is 17.6 Å². The Balaban J connectivity index is 1.51. The molecule has 0 bridgehead atoms. The Hall–Kier alpha value is -2.61. The third-order valence-electron chi connectivity index (χ3n) is 7.21. The van der Waals surface area contributed by atoms with Crippen LogP contribution in [-0.4, -0.2) is 11.9 Å². The van der Waals surface area contributed by atoms with Crippen molar-refractivity contribution in [2.24, 2.45) is 11.8 Å². The molecule has 1 amide bonds. The van der Waals surface area contributed by atoms with Crippen LogP contribution in [0.1, 0.15) is 36.3 Å². The Morgan fingerprint density at radius 1 is 0.815 bits per heavy atom. The first-order valence-electron chi connectivity index (χ1n) is 10.2. The van der Waals surface area contributed by atoms with Crippen LogP contribution in [0.3, 0.4) is 0 Å². The molecule has 1 saturated carbocycles. The number of nitrogens with zero attached hydrogens (tertiary/aromatic N) is 1. The molecule has 0 aromatic heterocycles. The molecule has 3 aliphatic rings. The van der Waals surface area contributed by atoms with Gasteiger partial charge in [0.05, 0.1) is 0 Å². The van der Waals surface area contributed by atoms with Gasteiger partial charge in [-0.2, -0.15) is 0 Å². The molecule has 2 heteroatoms. The molecule has 4 unspecified atom stereocenters. The fourth-order valence-electron chi connectivity index (χ4n) is 6.20. The lowest BCUT2D eigenvalue weighted by atomic mass is 9.62. The lowest BCUT2D eigenvalue weighted by molar-refractivity contribution is -0.121. The summed E-state index contributed by atoms with van der Waals surface area (Å²) in [5, 5.41) is 2.65. The SMILES string of the molecule is O=C1C2Cc3c(ccc4ccccc34)C3CCCC(C23)N1c1ccccc1. The van der Waals surface area contributed by atoms with Crippen molar-refractivity contribution in [2.75, 3.05) is 4.90 Å². The number of carbonyl (C=O) groups excluding carboxylic acids is 1. The van der Waals surface area contributed by atoms with Crippen LogP contribution >= 0.6 is 0 Å². The summed E-state index contributed by atoms with van der Waals surface area (Å²) >= 11 is 0. The van der Waals surface area contributed by atoms with E-state index in [2.05, 4.69) is 53.4 Å². The van der Waals surface area contributed by atoms with Gasteiger partial charge >= 0.3 is 0 Å². The second kappa shape index (κ2) is 5.69. The number of benzene rings is 3. The molecule has 3 aromatic rings. The third-order valence-corrected chi connectivity index (χ3v) is 7.21. The minimum Gasteiger partial charge on any atom is -0.309 e.